The van der Waals surface area contributed by atoms with Crippen LogP contribution in [0.4, 0.5) is 0 Å². The highest BCUT2D eigenvalue weighted by Gasteiger charge is 2.15. The molecule has 2 amide bonds. The fraction of sp³-hybridized carbons (Fsp3) is 0.800. The maximum absolute atomic E-state index is 11.6. The van der Waals surface area contributed by atoms with E-state index < -0.39 is 0 Å². The Morgan fingerprint density at radius 2 is 1.67 bits per heavy atom. The Hall–Kier alpha value is -1.10. The Labute approximate surface area is 91.4 Å². The second kappa shape index (κ2) is 7.23. The lowest BCUT2D eigenvalue weighted by molar-refractivity contribution is -0.138. The summed E-state index contributed by atoms with van der Waals surface area (Å²) in [6, 6.07) is 0. The molecule has 88 valence electrons. The van der Waals surface area contributed by atoms with Crippen molar-refractivity contribution in [2.75, 3.05) is 40.3 Å². The quantitative estimate of drug-likeness (QED) is 0.652. The summed E-state index contributed by atoms with van der Waals surface area (Å²) in [4.78, 5) is 26.2. The number of carbonyl (C=O) groups is 2. The molecule has 0 bridgehead atoms. The predicted molar refractivity (Wildman–Crippen MR) is 59.5 cm³/mol. The SMILES string of the molecule is CCN(CC)C(=O)CN(C)C(=O)CNC. The average molecular weight is 215 g/mol. The molecule has 0 aliphatic carbocycles. The van der Waals surface area contributed by atoms with E-state index in [-0.39, 0.29) is 24.9 Å². The first-order valence-corrected chi connectivity index (χ1v) is 5.23. The van der Waals surface area contributed by atoms with Crippen LogP contribution in [0.5, 0.6) is 0 Å². The van der Waals surface area contributed by atoms with Gasteiger partial charge in [-0.15, -0.1) is 0 Å². The Kier molecular flexibility index (Phi) is 6.70. The first kappa shape index (κ1) is 13.9. The lowest BCUT2D eigenvalue weighted by Crippen LogP contribution is -2.43. The second-order valence-corrected chi connectivity index (χ2v) is 3.35. The molecule has 0 atom stereocenters. The van der Waals surface area contributed by atoms with Crippen molar-refractivity contribution in [1.82, 2.24) is 15.1 Å². The highest BCUT2D eigenvalue weighted by molar-refractivity contribution is 5.85. The molecule has 0 aromatic heterocycles. The molecular formula is C10H21N3O2. The van der Waals surface area contributed by atoms with E-state index in [1.165, 1.54) is 4.90 Å². The number of amides is 2. The summed E-state index contributed by atoms with van der Waals surface area (Å²) in [5.74, 6) is -0.0787. The number of rotatable bonds is 6. The van der Waals surface area contributed by atoms with Crippen molar-refractivity contribution in [2.24, 2.45) is 0 Å². The average Bonchev–Trinajstić information content (AvgIpc) is 2.19. The zero-order valence-electron chi connectivity index (χ0n) is 10.0. The van der Waals surface area contributed by atoms with E-state index in [4.69, 9.17) is 0 Å². The summed E-state index contributed by atoms with van der Waals surface area (Å²) in [5, 5.41) is 2.76. The van der Waals surface area contributed by atoms with Gasteiger partial charge in [0.05, 0.1) is 13.1 Å². The molecule has 5 nitrogen and oxygen atoms in total. The third-order valence-corrected chi connectivity index (χ3v) is 2.24. The molecule has 0 unspecified atom stereocenters. The molecule has 0 aliphatic heterocycles. The summed E-state index contributed by atoms with van der Waals surface area (Å²) in [6.45, 7) is 5.64. The molecule has 0 aromatic rings. The molecule has 0 spiro atoms. The van der Waals surface area contributed by atoms with Crippen molar-refractivity contribution in [3.63, 3.8) is 0 Å². The van der Waals surface area contributed by atoms with Crippen LogP contribution in [0.2, 0.25) is 0 Å². The number of hydrogen-bond donors (Lipinski definition) is 1. The van der Waals surface area contributed by atoms with Crippen LogP contribution in [0.15, 0.2) is 0 Å². The molecule has 0 saturated carbocycles. The van der Waals surface area contributed by atoms with Crippen molar-refractivity contribution in [1.29, 1.82) is 0 Å². The van der Waals surface area contributed by atoms with Crippen molar-refractivity contribution in [3.05, 3.63) is 0 Å². The van der Waals surface area contributed by atoms with E-state index in [0.29, 0.717) is 13.1 Å². The van der Waals surface area contributed by atoms with Crippen LogP contribution in [0.25, 0.3) is 0 Å². The highest BCUT2D eigenvalue weighted by atomic mass is 16.2. The highest BCUT2D eigenvalue weighted by Crippen LogP contribution is 1.92. The minimum absolute atomic E-state index is 0.00745. The smallest absolute Gasteiger partial charge is 0.242 e. The van der Waals surface area contributed by atoms with Gasteiger partial charge in [-0.1, -0.05) is 0 Å². The van der Waals surface area contributed by atoms with Gasteiger partial charge in [-0.3, -0.25) is 9.59 Å². The van der Waals surface area contributed by atoms with E-state index in [0.717, 1.165) is 0 Å². The van der Waals surface area contributed by atoms with Crippen LogP contribution in [0, 0.1) is 0 Å². The van der Waals surface area contributed by atoms with Gasteiger partial charge in [0.15, 0.2) is 0 Å². The Balaban J connectivity index is 4.10. The van der Waals surface area contributed by atoms with E-state index >= 15 is 0 Å². The third kappa shape index (κ3) is 4.78. The first-order valence-electron chi connectivity index (χ1n) is 5.23. The van der Waals surface area contributed by atoms with E-state index in [1.54, 1.807) is 19.0 Å². The number of likely N-dealkylation sites (N-methyl/N-ethyl adjacent to an activating group) is 3. The molecule has 0 aliphatic rings. The molecule has 15 heavy (non-hydrogen) atoms. The normalized spacial score (nSPS) is 9.87. The number of nitrogens with zero attached hydrogens (tertiary/aromatic N) is 2. The number of nitrogens with one attached hydrogen (secondary N) is 1. The number of hydrogen-bond acceptors (Lipinski definition) is 3. The summed E-state index contributed by atoms with van der Waals surface area (Å²) in [6.07, 6.45) is 0. The lowest BCUT2D eigenvalue weighted by Gasteiger charge is -2.23. The van der Waals surface area contributed by atoms with Crippen LogP contribution >= 0.6 is 0 Å². The molecule has 0 fully saturated rings. The molecule has 0 aromatic carbocycles. The van der Waals surface area contributed by atoms with Gasteiger partial charge in [0.25, 0.3) is 0 Å². The van der Waals surface area contributed by atoms with Gasteiger partial charge < -0.3 is 15.1 Å². The minimum atomic E-state index is -0.0713. The van der Waals surface area contributed by atoms with E-state index in [9.17, 15) is 9.59 Å². The van der Waals surface area contributed by atoms with Crippen LogP contribution < -0.4 is 5.32 Å². The molecular weight excluding hydrogens is 194 g/mol. The molecule has 0 radical (unpaired) electrons. The van der Waals surface area contributed by atoms with Crippen molar-refractivity contribution < 1.29 is 9.59 Å². The van der Waals surface area contributed by atoms with Crippen LogP contribution in [-0.4, -0.2) is 61.9 Å². The van der Waals surface area contributed by atoms with Crippen molar-refractivity contribution in [2.45, 2.75) is 13.8 Å². The molecule has 0 heterocycles. The van der Waals surface area contributed by atoms with Crippen molar-refractivity contribution >= 4 is 11.8 Å². The summed E-state index contributed by atoms with van der Waals surface area (Å²) in [7, 11) is 3.35. The maximum atomic E-state index is 11.6. The largest absolute Gasteiger partial charge is 0.342 e. The van der Waals surface area contributed by atoms with Gasteiger partial charge in [-0.25, -0.2) is 0 Å². The summed E-state index contributed by atoms with van der Waals surface area (Å²) in [5.41, 5.74) is 0. The summed E-state index contributed by atoms with van der Waals surface area (Å²) < 4.78 is 0. The monoisotopic (exact) mass is 215 g/mol. The van der Waals surface area contributed by atoms with Gasteiger partial charge in [-0.05, 0) is 20.9 Å². The van der Waals surface area contributed by atoms with Crippen LogP contribution in [0.1, 0.15) is 13.8 Å². The lowest BCUT2D eigenvalue weighted by atomic mass is 10.4. The van der Waals surface area contributed by atoms with Gasteiger partial charge in [0.2, 0.25) is 11.8 Å². The van der Waals surface area contributed by atoms with E-state index in [1.807, 2.05) is 13.8 Å². The molecule has 0 saturated heterocycles. The van der Waals surface area contributed by atoms with Gasteiger partial charge in [0, 0.05) is 20.1 Å². The molecule has 5 heteroatoms. The van der Waals surface area contributed by atoms with Crippen LogP contribution in [0.3, 0.4) is 0 Å². The number of carbonyl (C=O) groups excluding carboxylic acids is 2. The fourth-order valence-corrected chi connectivity index (χ4v) is 1.25. The molecule has 1 N–H and O–H groups in total. The van der Waals surface area contributed by atoms with Crippen molar-refractivity contribution in [3.8, 4) is 0 Å². The van der Waals surface area contributed by atoms with Gasteiger partial charge in [-0.2, -0.15) is 0 Å². The Morgan fingerprint density at radius 3 is 2.07 bits per heavy atom. The third-order valence-electron chi connectivity index (χ3n) is 2.24. The topological polar surface area (TPSA) is 52.7 Å². The molecule has 0 rings (SSSR count). The van der Waals surface area contributed by atoms with Gasteiger partial charge in [0.1, 0.15) is 0 Å². The Bertz CT molecular complexity index is 215. The first-order chi connectivity index (χ1) is 7.06. The second-order valence-electron chi connectivity index (χ2n) is 3.35. The standard InChI is InChI=1S/C10H21N3O2/c1-5-13(6-2)10(15)8-12(4)9(14)7-11-3/h11H,5-8H2,1-4H3. The fourth-order valence-electron chi connectivity index (χ4n) is 1.25. The summed E-state index contributed by atoms with van der Waals surface area (Å²) >= 11 is 0. The van der Waals surface area contributed by atoms with E-state index in [2.05, 4.69) is 5.32 Å². The minimum Gasteiger partial charge on any atom is -0.342 e. The van der Waals surface area contributed by atoms with Gasteiger partial charge >= 0.3 is 0 Å². The maximum Gasteiger partial charge on any atom is 0.242 e. The zero-order chi connectivity index (χ0) is 11.8. The predicted octanol–water partition coefficient (Wildman–Crippen LogP) is -0.467. The zero-order valence-corrected chi connectivity index (χ0v) is 10.0. The van der Waals surface area contributed by atoms with Crippen LogP contribution in [-0.2, 0) is 9.59 Å². The Morgan fingerprint density at radius 1 is 1.13 bits per heavy atom.